The van der Waals surface area contributed by atoms with Crippen LogP contribution in [0.1, 0.15) is 45.8 Å². The van der Waals surface area contributed by atoms with Gasteiger partial charge in [0.2, 0.25) is 15.9 Å². The molecular formula is C27H33F2N7O4S. The van der Waals surface area contributed by atoms with E-state index in [0.29, 0.717) is 29.6 Å². The molecule has 0 radical (unpaired) electrons. The van der Waals surface area contributed by atoms with Crippen LogP contribution in [0.25, 0.3) is 0 Å². The van der Waals surface area contributed by atoms with E-state index in [9.17, 15) is 26.8 Å². The van der Waals surface area contributed by atoms with Crippen LogP contribution in [0.15, 0.2) is 41.3 Å². The number of likely N-dealkylation sites (N-methyl/N-ethyl adjacent to an activating group) is 2. The van der Waals surface area contributed by atoms with E-state index < -0.39 is 43.8 Å². The fraction of sp³-hybridized carbons (Fsp3) is 0.370. The number of anilines is 2. The van der Waals surface area contributed by atoms with Crippen LogP contribution in [0.4, 0.5) is 20.3 Å². The Bertz CT molecular complexity index is 1580. The van der Waals surface area contributed by atoms with Gasteiger partial charge in [0.05, 0.1) is 16.0 Å². The van der Waals surface area contributed by atoms with E-state index in [1.165, 1.54) is 6.07 Å². The van der Waals surface area contributed by atoms with Gasteiger partial charge >= 0.3 is 0 Å². The number of amides is 2. The van der Waals surface area contributed by atoms with Crippen LogP contribution < -0.4 is 16.0 Å². The van der Waals surface area contributed by atoms with Gasteiger partial charge in [0.1, 0.15) is 11.6 Å². The molecule has 0 saturated heterocycles. The number of primary amides is 1. The Hall–Kier alpha value is -3.88. The smallest absolute Gasteiger partial charge is 0.257 e. The number of nitrogens with zero attached hydrogens (tertiary/aromatic N) is 4. The van der Waals surface area contributed by atoms with E-state index in [2.05, 4.69) is 15.5 Å². The summed E-state index contributed by atoms with van der Waals surface area (Å²) in [6, 6.07) is 6.85. The van der Waals surface area contributed by atoms with Gasteiger partial charge in [-0.1, -0.05) is 13.8 Å². The van der Waals surface area contributed by atoms with Crippen molar-refractivity contribution in [2.24, 2.45) is 5.73 Å². The predicted molar refractivity (Wildman–Crippen MR) is 150 cm³/mol. The van der Waals surface area contributed by atoms with E-state index in [-0.39, 0.29) is 30.0 Å². The molecule has 41 heavy (non-hydrogen) atoms. The minimum atomic E-state index is -4.31. The molecule has 1 aliphatic heterocycles. The predicted octanol–water partition coefficient (Wildman–Crippen LogP) is 2.52. The van der Waals surface area contributed by atoms with Gasteiger partial charge in [-0.05, 0) is 44.4 Å². The van der Waals surface area contributed by atoms with E-state index in [1.807, 2.05) is 30.9 Å². The summed E-state index contributed by atoms with van der Waals surface area (Å²) >= 11 is 0. The molecule has 220 valence electrons. The van der Waals surface area contributed by atoms with Crippen molar-refractivity contribution in [2.45, 2.75) is 30.7 Å². The average molecular weight is 590 g/mol. The summed E-state index contributed by atoms with van der Waals surface area (Å²) in [7, 11) is 1.44. The SMILES string of the molecule is CN(C)CCN(C)c1ccc(C(=O)Nc2n[nH]c3c2CN(S(=O)(=O)c2cc(F)cc(F)c2)CC3(C)C)c(C(N)=O)c1. The fourth-order valence-electron chi connectivity index (χ4n) is 4.76. The summed E-state index contributed by atoms with van der Waals surface area (Å²) in [5, 5.41) is 9.76. The highest BCUT2D eigenvalue weighted by atomic mass is 32.2. The van der Waals surface area contributed by atoms with Crippen molar-refractivity contribution in [3.63, 3.8) is 0 Å². The summed E-state index contributed by atoms with van der Waals surface area (Å²) in [5.41, 5.74) is 6.53. The van der Waals surface area contributed by atoms with Crippen LogP contribution in [0.3, 0.4) is 0 Å². The van der Waals surface area contributed by atoms with Crippen LogP contribution in [0, 0.1) is 11.6 Å². The number of hydrogen-bond donors (Lipinski definition) is 3. The van der Waals surface area contributed by atoms with Crippen LogP contribution in [-0.4, -0.2) is 80.4 Å². The zero-order valence-corrected chi connectivity index (χ0v) is 24.3. The normalized spacial score (nSPS) is 15.0. The summed E-state index contributed by atoms with van der Waals surface area (Å²) in [4.78, 5) is 29.1. The van der Waals surface area contributed by atoms with Crippen molar-refractivity contribution in [1.82, 2.24) is 19.4 Å². The minimum Gasteiger partial charge on any atom is -0.373 e. The number of nitrogens with two attached hydrogens (primary N) is 1. The highest BCUT2D eigenvalue weighted by Gasteiger charge is 2.41. The summed E-state index contributed by atoms with van der Waals surface area (Å²) < 4.78 is 55.5. The molecule has 3 aromatic rings. The molecule has 4 N–H and O–H groups in total. The number of aromatic amines is 1. The largest absolute Gasteiger partial charge is 0.373 e. The first-order chi connectivity index (χ1) is 19.1. The van der Waals surface area contributed by atoms with Gasteiger partial charge in [0.15, 0.2) is 5.82 Å². The Kier molecular flexibility index (Phi) is 8.21. The second-order valence-corrected chi connectivity index (χ2v) is 12.9. The van der Waals surface area contributed by atoms with Crippen molar-refractivity contribution in [2.75, 3.05) is 51.0 Å². The Labute approximate surface area is 237 Å². The van der Waals surface area contributed by atoms with E-state index in [4.69, 9.17) is 5.73 Å². The maximum absolute atomic E-state index is 13.8. The number of benzene rings is 2. The third-order valence-electron chi connectivity index (χ3n) is 6.99. The second kappa shape index (κ2) is 11.2. The third-order valence-corrected chi connectivity index (χ3v) is 8.76. The number of rotatable bonds is 9. The van der Waals surface area contributed by atoms with Crippen LogP contribution in [-0.2, 0) is 22.0 Å². The van der Waals surface area contributed by atoms with E-state index in [1.54, 1.807) is 26.0 Å². The zero-order valence-electron chi connectivity index (χ0n) is 23.5. The molecule has 1 aromatic heterocycles. The van der Waals surface area contributed by atoms with Gasteiger partial charge in [-0.25, -0.2) is 17.2 Å². The lowest BCUT2D eigenvalue weighted by molar-refractivity contribution is 0.0977. The highest BCUT2D eigenvalue weighted by Crippen LogP contribution is 2.38. The van der Waals surface area contributed by atoms with Gasteiger partial charge in [-0.3, -0.25) is 14.7 Å². The van der Waals surface area contributed by atoms with Gasteiger partial charge in [-0.2, -0.15) is 9.40 Å². The highest BCUT2D eigenvalue weighted by molar-refractivity contribution is 7.89. The lowest BCUT2D eigenvalue weighted by Crippen LogP contribution is -2.45. The molecule has 2 heterocycles. The van der Waals surface area contributed by atoms with Gasteiger partial charge < -0.3 is 20.9 Å². The number of H-pyrrole nitrogens is 1. The minimum absolute atomic E-state index is 0.00925. The standard InChI is InChI=1S/C27H33F2N7O4S/c1-27(2)15-36(41(39,40)19-11-16(28)10-17(29)12-19)14-22-23(27)32-33-25(22)31-26(38)20-7-6-18(13-21(20)24(30)37)35(5)9-8-34(3)4/h6-7,10-13H,8-9,14-15H2,1-5H3,(H2,30,37)(H2,31,32,33,38). The summed E-state index contributed by atoms with van der Waals surface area (Å²) in [6.07, 6.45) is 0. The monoisotopic (exact) mass is 589 g/mol. The molecule has 0 bridgehead atoms. The van der Waals surface area contributed by atoms with Crippen molar-refractivity contribution in [3.8, 4) is 0 Å². The molecule has 0 aliphatic carbocycles. The zero-order chi connectivity index (χ0) is 30.3. The summed E-state index contributed by atoms with van der Waals surface area (Å²) in [6.45, 7) is 4.77. The number of hydrogen-bond acceptors (Lipinski definition) is 7. The Morgan fingerprint density at radius 2 is 1.73 bits per heavy atom. The van der Waals surface area contributed by atoms with E-state index in [0.717, 1.165) is 23.0 Å². The quantitative estimate of drug-likeness (QED) is 0.348. The van der Waals surface area contributed by atoms with Gasteiger partial charge in [0.25, 0.3) is 5.91 Å². The fourth-order valence-corrected chi connectivity index (χ4v) is 6.37. The first kappa shape index (κ1) is 30.1. The van der Waals surface area contributed by atoms with Crippen LogP contribution in [0.5, 0.6) is 0 Å². The number of sulfonamides is 1. The molecule has 4 rings (SSSR count). The van der Waals surface area contributed by atoms with E-state index >= 15 is 0 Å². The number of fused-ring (bicyclic) bond motifs is 1. The number of aromatic nitrogens is 2. The number of carbonyl (C=O) groups excluding carboxylic acids is 2. The maximum Gasteiger partial charge on any atom is 0.257 e. The first-order valence-corrected chi connectivity index (χ1v) is 14.2. The van der Waals surface area contributed by atoms with Crippen molar-refractivity contribution in [1.29, 1.82) is 0 Å². The number of nitrogens with one attached hydrogen (secondary N) is 2. The lowest BCUT2D eigenvalue weighted by Gasteiger charge is -2.36. The number of carbonyl (C=O) groups is 2. The van der Waals surface area contributed by atoms with Gasteiger partial charge in [0, 0.05) is 61.7 Å². The molecule has 0 saturated carbocycles. The first-order valence-electron chi connectivity index (χ1n) is 12.7. The second-order valence-electron chi connectivity index (χ2n) is 11.0. The molecule has 1 aliphatic rings. The topological polar surface area (TPSA) is 145 Å². The molecule has 14 heteroatoms. The molecule has 11 nitrogen and oxygen atoms in total. The Balaban J connectivity index is 1.64. The lowest BCUT2D eigenvalue weighted by atomic mass is 9.84. The Morgan fingerprint density at radius 1 is 1.07 bits per heavy atom. The maximum atomic E-state index is 13.8. The van der Waals surface area contributed by atoms with Crippen LogP contribution in [0.2, 0.25) is 0 Å². The van der Waals surface area contributed by atoms with Crippen molar-refractivity contribution >= 4 is 33.3 Å². The van der Waals surface area contributed by atoms with Crippen molar-refractivity contribution in [3.05, 3.63) is 70.4 Å². The molecule has 0 fully saturated rings. The Morgan fingerprint density at radius 3 is 2.34 bits per heavy atom. The summed E-state index contributed by atoms with van der Waals surface area (Å²) in [5.74, 6) is -3.43. The third kappa shape index (κ3) is 6.24. The average Bonchev–Trinajstić information content (AvgIpc) is 3.29. The number of halogens is 2. The van der Waals surface area contributed by atoms with Crippen LogP contribution >= 0.6 is 0 Å². The van der Waals surface area contributed by atoms with Gasteiger partial charge in [-0.15, -0.1) is 0 Å². The van der Waals surface area contributed by atoms with Crippen molar-refractivity contribution < 1.29 is 26.8 Å². The molecule has 2 amide bonds. The molecule has 2 aromatic carbocycles. The molecule has 0 atom stereocenters. The molecule has 0 unspecified atom stereocenters. The molecule has 0 spiro atoms. The molecular weight excluding hydrogens is 556 g/mol.